The molecule has 0 saturated carbocycles. The second-order valence-corrected chi connectivity index (χ2v) is 7.07. The van der Waals surface area contributed by atoms with Gasteiger partial charge in [-0.25, -0.2) is 5.43 Å². The van der Waals surface area contributed by atoms with E-state index in [2.05, 4.69) is 31.7 Å². The van der Waals surface area contributed by atoms with Crippen LogP contribution in [0.2, 0.25) is 0 Å². The molecule has 5 atom stereocenters. The minimum Gasteiger partial charge on any atom is -0.444 e. The number of hydrogen-bond acceptors (Lipinski definition) is 8. The summed E-state index contributed by atoms with van der Waals surface area (Å²) in [5.41, 5.74) is 6.26. The molecule has 0 aliphatic carbocycles. The number of ether oxygens (including phenoxy) is 1. The molecule has 3 fully saturated rings. The number of hydrogen-bond donors (Lipinski definition) is 5. The van der Waals surface area contributed by atoms with Crippen molar-refractivity contribution in [2.45, 2.75) is 55.8 Å². The van der Waals surface area contributed by atoms with E-state index >= 15 is 0 Å². The predicted molar refractivity (Wildman–Crippen MR) is 85.1 cm³/mol. The molecule has 0 radical (unpaired) electrons. The molecule has 0 spiro atoms. The number of rotatable bonds is 2. The average molecular weight is 376 g/mol. The molecule has 5 N–H and O–H groups in total. The van der Waals surface area contributed by atoms with Crippen LogP contribution in [-0.4, -0.2) is 67.2 Å². The molecule has 8 nitrogen and oxygen atoms in total. The lowest BCUT2D eigenvalue weighted by atomic mass is 9.91. The van der Waals surface area contributed by atoms with Crippen molar-refractivity contribution < 1.29 is 22.7 Å². The van der Waals surface area contributed by atoms with Gasteiger partial charge < -0.3 is 15.1 Å². The van der Waals surface area contributed by atoms with Gasteiger partial charge in [-0.15, -0.1) is 0 Å². The number of nitrogens with one attached hydrogen (secondary N) is 5. The third kappa shape index (κ3) is 3.48. The third-order valence-electron chi connectivity index (χ3n) is 5.34. The van der Waals surface area contributed by atoms with Crippen LogP contribution in [-0.2, 0) is 9.53 Å². The predicted octanol–water partition coefficient (Wildman–Crippen LogP) is -0.919. The fraction of sp³-hybridized carbons (Fsp3) is 0.800. The smallest absolute Gasteiger partial charge is 0.403 e. The summed E-state index contributed by atoms with van der Waals surface area (Å²) in [6.45, 7) is 2.62. The Morgan fingerprint density at radius 1 is 1.19 bits per heavy atom. The van der Waals surface area contributed by atoms with Gasteiger partial charge in [0.1, 0.15) is 17.9 Å². The molecule has 4 aliphatic rings. The molecule has 146 valence electrons. The fourth-order valence-electron chi connectivity index (χ4n) is 3.88. The van der Waals surface area contributed by atoms with Crippen molar-refractivity contribution in [2.75, 3.05) is 19.8 Å². The Morgan fingerprint density at radius 2 is 2.04 bits per heavy atom. The molecule has 11 heteroatoms. The van der Waals surface area contributed by atoms with Crippen LogP contribution in [0.5, 0.6) is 0 Å². The molecule has 0 amide bonds. The molecule has 3 saturated heterocycles. The van der Waals surface area contributed by atoms with E-state index in [1.54, 1.807) is 0 Å². The van der Waals surface area contributed by atoms with Gasteiger partial charge in [-0.2, -0.15) is 13.2 Å². The average Bonchev–Trinajstić information content (AvgIpc) is 3.15. The summed E-state index contributed by atoms with van der Waals surface area (Å²) in [5, 5.41) is 8.81. The Hall–Kier alpha value is -1.56. The Labute approximate surface area is 148 Å². The molecule has 4 aliphatic heterocycles. The summed E-state index contributed by atoms with van der Waals surface area (Å²) in [6, 6.07) is -3.19. The topological polar surface area (TPSA) is 89.7 Å². The van der Waals surface area contributed by atoms with Gasteiger partial charge in [0.2, 0.25) is 0 Å². The van der Waals surface area contributed by atoms with Crippen LogP contribution in [0.1, 0.15) is 19.3 Å². The van der Waals surface area contributed by atoms with E-state index in [9.17, 15) is 18.0 Å². The largest absolute Gasteiger partial charge is 0.444 e. The minimum atomic E-state index is -4.36. The lowest BCUT2D eigenvalue weighted by molar-refractivity contribution is -0.182. The van der Waals surface area contributed by atoms with Gasteiger partial charge in [0.25, 0.3) is 0 Å². The fourth-order valence-corrected chi connectivity index (χ4v) is 3.88. The number of alkyl halides is 3. The highest BCUT2D eigenvalue weighted by Crippen LogP contribution is 2.30. The van der Waals surface area contributed by atoms with E-state index in [-0.39, 0.29) is 24.9 Å². The van der Waals surface area contributed by atoms with Crippen molar-refractivity contribution in [3.05, 3.63) is 11.9 Å². The van der Waals surface area contributed by atoms with Gasteiger partial charge >= 0.3 is 12.1 Å². The maximum Gasteiger partial charge on any atom is 0.403 e. The van der Waals surface area contributed by atoms with Crippen molar-refractivity contribution in [2.24, 2.45) is 0 Å². The first-order chi connectivity index (χ1) is 12.4. The highest BCUT2D eigenvalue weighted by molar-refractivity contribution is 5.78. The molecule has 0 aromatic heterocycles. The first kappa shape index (κ1) is 17.8. The number of fused-ring (bicyclic) bond motifs is 1. The Morgan fingerprint density at radius 3 is 2.69 bits per heavy atom. The van der Waals surface area contributed by atoms with Gasteiger partial charge in [0, 0.05) is 19.1 Å². The van der Waals surface area contributed by atoms with Crippen molar-refractivity contribution in [3.8, 4) is 0 Å². The first-order valence-corrected chi connectivity index (χ1v) is 8.88. The Balaban J connectivity index is 1.36. The van der Waals surface area contributed by atoms with Crippen molar-refractivity contribution in [1.82, 2.24) is 31.7 Å². The quantitative estimate of drug-likeness (QED) is 0.396. The Bertz CT molecular complexity index is 580. The van der Waals surface area contributed by atoms with E-state index < -0.39 is 30.5 Å². The molecule has 4 heterocycles. The van der Waals surface area contributed by atoms with E-state index in [4.69, 9.17) is 4.74 Å². The lowest BCUT2D eigenvalue weighted by Gasteiger charge is -2.45. The summed E-state index contributed by atoms with van der Waals surface area (Å²) >= 11 is 0. The highest BCUT2D eigenvalue weighted by Gasteiger charge is 2.50. The van der Waals surface area contributed by atoms with Crippen molar-refractivity contribution in [1.29, 1.82) is 0 Å². The monoisotopic (exact) mass is 376 g/mol. The maximum atomic E-state index is 12.9. The normalized spacial score (nSPS) is 38.3. The number of hydrazine groups is 1. The first-order valence-electron chi connectivity index (χ1n) is 8.88. The standard InChI is InChI=1S/C15H23F3N6O2/c16-15(17,18)10-3-1-8-12(21-10)14(25)26-13(20-8)9-2-4-11(23-22-9)24-6-5-19-7-24/h4,8-10,12-13,19-23H,1-3,5-7H2. The van der Waals surface area contributed by atoms with Crippen LogP contribution in [0.25, 0.3) is 0 Å². The highest BCUT2D eigenvalue weighted by atomic mass is 19.4. The van der Waals surface area contributed by atoms with Gasteiger partial charge in [-0.1, -0.05) is 0 Å². The minimum absolute atomic E-state index is 0.0555. The van der Waals surface area contributed by atoms with Crippen LogP contribution in [0, 0.1) is 0 Å². The molecule has 0 aromatic rings. The van der Waals surface area contributed by atoms with E-state index in [1.807, 2.05) is 6.08 Å². The number of esters is 1. The second kappa shape index (κ2) is 6.87. The van der Waals surface area contributed by atoms with E-state index in [0.717, 1.165) is 25.6 Å². The van der Waals surface area contributed by atoms with Crippen molar-refractivity contribution in [3.63, 3.8) is 0 Å². The number of cyclic esters (lactones) is 1. The summed E-state index contributed by atoms with van der Waals surface area (Å²) in [5.74, 6) is 0.339. The van der Waals surface area contributed by atoms with E-state index in [0.29, 0.717) is 6.42 Å². The van der Waals surface area contributed by atoms with Crippen LogP contribution in [0.4, 0.5) is 13.2 Å². The van der Waals surface area contributed by atoms with Gasteiger partial charge in [0.15, 0.2) is 6.23 Å². The molecule has 5 unspecified atom stereocenters. The van der Waals surface area contributed by atoms with E-state index in [1.165, 1.54) is 0 Å². The molecular weight excluding hydrogens is 353 g/mol. The third-order valence-corrected chi connectivity index (χ3v) is 5.34. The Kier molecular flexibility index (Phi) is 4.71. The number of nitrogens with zero attached hydrogens (tertiary/aromatic N) is 1. The van der Waals surface area contributed by atoms with Crippen LogP contribution >= 0.6 is 0 Å². The molecular formula is C15H23F3N6O2. The zero-order valence-electron chi connectivity index (χ0n) is 14.1. The number of carbonyl (C=O) groups excluding carboxylic acids is 1. The lowest BCUT2D eigenvalue weighted by Crippen LogP contribution is -2.71. The zero-order valence-corrected chi connectivity index (χ0v) is 14.1. The number of halogens is 3. The van der Waals surface area contributed by atoms with Crippen LogP contribution < -0.4 is 26.8 Å². The SMILES string of the molecule is O=C1OC(C2CC=C(N3CCNC3)NN2)NC2CCC(C(F)(F)F)NC12. The van der Waals surface area contributed by atoms with Crippen molar-refractivity contribution >= 4 is 5.97 Å². The number of carbonyl (C=O) groups is 1. The number of piperidine rings is 1. The molecule has 0 bridgehead atoms. The van der Waals surface area contributed by atoms with Crippen LogP contribution in [0.15, 0.2) is 11.9 Å². The molecule has 4 rings (SSSR count). The zero-order chi connectivity index (χ0) is 18.3. The van der Waals surface area contributed by atoms with Gasteiger partial charge in [-0.05, 0) is 25.3 Å². The van der Waals surface area contributed by atoms with Gasteiger partial charge in [-0.3, -0.25) is 20.7 Å². The molecule has 26 heavy (non-hydrogen) atoms. The molecule has 0 aromatic carbocycles. The second-order valence-electron chi connectivity index (χ2n) is 7.07. The van der Waals surface area contributed by atoms with Gasteiger partial charge in [0.05, 0.1) is 12.7 Å². The maximum absolute atomic E-state index is 12.9. The summed E-state index contributed by atoms with van der Waals surface area (Å²) in [4.78, 5) is 14.4. The van der Waals surface area contributed by atoms with Crippen LogP contribution in [0.3, 0.4) is 0 Å². The summed E-state index contributed by atoms with van der Waals surface area (Å²) in [7, 11) is 0. The summed E-state index contributed by atoms with van der Waals surface area (Å²) in [6.07, 6.45) is -2.06. The summed E-state index contributed by atoms with van der Waals surface area (Å²) < 4.78 is 44.1.